The lowest BCUT2D eigenvalue weighted by atomic mass is 10.2. The number of hydrogen-bond acceptors (Lipinski definition) is 3. The summed E-state index contributed by atoms with van der Waals surface area (Å²) in [5.74, 6) is -1.55. The normalized spacial score (nSPS) is 10.4. The third kappa shape index (κ3) is 3.45. The van der Waals surface area contributed by atoms with Crippen LogP contribution in [0, 0.1) is 0 Å². The van der Waals surface area contributed by atoms with E-state index < -0.39 is 18.0 Å². The van der Waals surface area contributed by atoms with E-state index in [4.69, 9.17) is 0 Å². The van der Waals surface area contributed by atoms with Crippen LogP contribution in [0.15, 0.2) is 29.3 Å². The summed E-state index contributed by atoms with van der Waals surface area (Å²) >= 11 is 4.18. The molecule has 0 heterocycles. The Morgan fingerprint density at radius 2 is 2.00 bits per heavy atom. The van der Waals surface area contributed by atoms with E-state index in [0.29, 0.717) is 0 Å². The van der Waals surface area contributed by atoms with Gasteiger partial charge in [0.25, 0.3) is 5.91 Å². The van der Waals surface area contributed by atoms with Gasteiger partial charge in [-0.15, -0.1) is 13.2 Å². The molecule has 0 spiro atoms. The lowest BCUT2D eigenvalue weighted by molar-refractivity contribution is -0.274. The second-order valence-electron chi connectivity index (χ2n) is 2.55. The summed E-state index contributed by atoms with van der Waals surface area (Å²) in [6, 6.07) is 4.85. The molecule has 1 amide bonds. The zero-order valence-electron chi connectivity index (χ0n) is 7.62. The van der Waals surface area contributed by atoms with Gasteiger partial charge in [0.1, 0.15) is 5.75 Å². The molecule has 0 saturated carbocycles. The second-order valence-corrected chi connectivity index (χ2v) is 2.73. The maximum Gasteiger partial charge on any atom is 0.573 e. The Labute approximate surface area is 93.6 Å². The van der Waals surface area contributed by atoms with Crippen LogP contribution in [0.5, 0.6) is 5.75 Å². The number of benzene rings is 1. The van der Waals surface area contributed by atoms with E-state index in [9.17, 15) is 18.0 Å². The summed E-state index contributed by atoms with van der Waals surface area (Å²) in [5, 5.41) is 1.78. The van der Waals surface area contributed by atoms with E-state index in [1.165, 1.54) is 12.1 Å². The topological polar surface area (TPSA) is 38.7 Å². The van der Waals surface area contributed by atoms with Crippen LogP contribution in [-0.2, 0) is 0 Å². The van der Waals surface area contributed by atoms with Gasteiger partial charge in [-0.3, -0.25) is 4.79 Å². The van der Waals surface area contributed by atoms with Crippen LogP contribution in [0.1, 0.15) is 10.4 Å². The summed E-state index contributed by atoms with van der Waals surface area (Å²) in [4.78, 5) is 14.3. The molecule has 0 aliphatic carbocycles. The first kappa shape index (κ1) is 12.4. The predicted octanol–water partition coefficient (Wildman–Crippen LogP) is 2.83. The fourth-order valence-corrected chi connectivity index (χ4v) is 1.04. The van der Waals surface area contributed by atoms with Gasteiger partial charge in [-0.05, 0) is 24.4 Å². The predicted molar refractivity (Wildman–Crippen MR) is 52.5 cm³/mol. The van der Waals surface area contributed by atoms with Crippen LogP contribution in [0.25, 0.3) is 0 Å². The molecule has 0 radical (unpaired) electrons. The van der Waals surface area contributed by atoms with Gasteiger partial charge in [0.15, 0.2) is 0 Å². The number of alkyl halides is 3. The number of hydrogen-bond donors (Lipinski definition) is 0. The molecule has 1 aromatic carbocycles. The fourth-order valence-electron chi connectivity index (χ4n) is 0.959. The third-order valence-electron chi connectivity index (χ3n) is 1.49. The molecule has 0 bridgehead atoms. The Hall–Kier alpha value is -1.72. The lowest BCUT2D eigenvalue weighted by Crippen LogP contribution is -2.18. The standard InChI is InChI=1S/C9H4F3NO2S/c10-9(11,12)15-7-4-2-1-3-6(7)8(14)13-5-16/h1-4H. The molecule has 0 unspecified atom stereocenters. The van der Waals surface area contributed by atoms with Crippen molar-refractivity contribution in [3.63, 3.8) is 0 Å². The molecular formula is C9H4F3NO2S. The van der Waals surface area contributed by atoms with Crippen LogP contribution in [-0.4, -0.2) is 17.4 Å². The summed E-state index contributed by atoms with van der Waals surface area (Å²) in [6.45, 7) is 0. The minimum absolute atomic E-state index is 0.322. The van der Waals surface area contributed by atoms with Crippen LogP contribution in [0.2, 0.25) is 0 Å². The number of para-hydroxylation sites is 1. The third-order valence-corrected chi connectivity index (χ3v) is 1.58. The van der Waals surface area contributed by atoms with Gasteiger partial charge in [0.05, 0.1) is 10.7 Å². The first-order chi connectivity index (χ1) is 7.44. The molecule has 1 rings (SSSR count). The van der Waals surface area contributed by atoms with Gasteiger partial charge in [0.2, 0.25) is 0 Å². The molecule has 0 atom stereocenters. The summed E-state index contributed by atoms with van der Waals surface area (Å²) in [6.07, 6.45) is -4.86. The van der Waals surface area contributed by atoms with E-state index in [0.717, 1.165) is 12.1 Å². The fraction of sp³-hybridized carbons (Fsp3) is 0.111. The van der Waals surface area contributed by atoms with Crippen LogP contribution in [0.4, 0.5) is 13.2 Å². The molecule has 1 aromatic rings. The maximum atomic E-state index is 12.0. The smallest absolute Gasteiger partial charge is 0.405 e. The number of thiocarbonyl (C=S) groups is 1. The number of nitrogens with zero attached hydrogens (tertiary/aromatic N) is 1. The zero-order chi connectivity index (χ0) is 12.2. The van der Waals surface area contributed by atoms with E-state index in [1.54, 1.807) is 5.16 Å². The van der Waals surface area contributed by atoms with E-state index >= 15 is 0 Å². The van der Waals surface area contributed by atoms with E-state index in [2.05, 4.69) is 21.9 Å². The number of halogens is 3. The van der Waals surface area contributed by atoms with Crippen molar-refractivity contribution in [2.75, 3.05) is 0 Å². The Bertz CT molecular complexity index is 452. The van der Waals surface area contributed by atoms with Crippen molar-refractivity contribution in [1.82, 2.24) is 0 Å². The molecule has 0 fully saturated rings. The summed E-state index contributed by atoms with van der Waals surface area (Å²) < 4.78 is 39.6. The number of ether oxygens (including phenoxy) is 1. The molecular weight excluding hydrogens is 243 g/mol. The molecule has 0 saturated heterocycles. The number of rotatable bonds is 2. The molecule has 3 nitrogen and oxygen atoms in total. The monoisotopic (exact) mass is 247 g/mol. The molecule has 0 aliphatic rings. The van der Waals surface area contributed by atoms with Crippen molar-refractivity contribution in [1.29, 1.82) is 0 Å². The molecule has 0 aliphatic heterocycles. The van der Waals surface area contributed by atoms with Crippen LogP contribution < -0.4 is 4.74 Å². The van der Waals surface area contributed by atoms with Gasteiger partial charge < -0.3 is 4.74 Å². The van der Waals surface area contributed by atoms with Crippen molar-refractivity contribution in [3.05, 3.63) is 29.8 Å². The Balaban J connectivity index is 3.10. The highest BCUT2D eigenvalue weighted by Gasteiger charge is 2.32. The van der Waals surface area contributed by atoms with Gasteiger partial charge in [0, 0.05) is 0 Å². The number of carbonyl (C=O) groups excluding carboxylic acids is 1. The van der Waals surface area contributed by atoms with Crippen LogP contribution >= 0.6 is 12.2 Å². The summed E-state index contributed by atoms with van der Waals surface area (Å²) in [5.41, 5.74) is -0.322. The van der Waals surface area contributed by atoms with Crippen molar-refractivity contribution < 1.29 is 22.7 Å². The Morgan fingerprint density at radius 3 is 2.56 bits per heavy atom. The van der Waals surface area contributed by atoms with E-state index in [1.807, 2.05) is 0 Å². The van der Waals surface area contributed by atoms with Gasteiger partial charge in [-0.25, -0.2) is 0 Å². The van der Waals surface area contributed by atoms with E-state index in [-0.39, 0.29) is 5.56 Å². The molecule has 0 N–H and O–H groups in total. The van der Waals surface area contributed by atoms with Gasteiger partial charge >= 0.3 is 6.36 Å². The molecule has 0 aromatic heterocycles. The second kappa shape index (κ2) is 4.87. The van der Waals surface area contributed by atoms with Crippen molar-refractivity contribution in [3.8, 4) is 5.75 Å². The lowest BCUT2D eigenvalue weighted by Gasteiger charge is -2.10. The SMILES string of the molecule is O=C(N=C=S)c1ccccc1OC(F)(F)F. The number of isothiocyanates is 1. The minimum Gasteiger partial charge on any atom is -0.405 e. The number of carbonyl (C=O) groups is 1. The molecule has 7 heteroatoms. The average Bonchev–Trinajstić information content (AvgIpc) is 2.16. The highest BCUT2D eigenvalue weighted by Crippen LogP contribution is 2.26. The van der Waals surface area contributed by atoms with Crippen molar-refractivity contribution in [2.24, 2.45) is 4.99 Å². The van der Waals surface area contributed by atoms with Crippen molar-refractivity contribution in [2.45, 2.75) is 6.36 Å². The number of aliphatic imine (C=N–C) groups is 1. The van der Waals surface area contributed by atoms with Gasteiger partial charge in [-0.2, -0.15) is 4.99 Å². The Morgan fingerprint density at radius 1 is 1.38 bits per heavy atom. The van der Waals surface area contributed by atoms with Crippen molar-refractivity contribution >= 4 is 23.3 Å². The Kier molecular flexibility index (Phi) is 3.76. The first-order valence-corrected chi connectivity index (χ1v) is 4.32. The minimum atomic E-state index is -4.86. The largest absolute Gasteiger partial charge is 0.573 e. The quantitative estimate of drug-likeness (QED) is 0.595. The molecule has 84 valence electrons. The number of amides is 1. The average molecular weight is 247 g/mol. The van der Waals surface area contributed by atoms with Crippen LogP contribution in [0.3, 0.4) is 0 Å². The first-order valence-electron chi connectivity index (χ1n) is 3.91. The highest BCUT2D eigenvalue weighted by atomic mass is 32.1. The highest BCUT2D eigenvalue weighted by molar-refractivity contribution is 7.78. The van der Waals surface area contributed by atoms with Gasteiger partial charge in [-0.1, -0.05) is 12.1 Å². The molecule has 16 heavy (non-hydrogen) atoms. The summed E-state index contributed by atoms with van der Waals surface area (Å²) in [7, 11) is 0. The zero-order valence-corrected chi connectivity index (χ0v) is 8.43. The maximum absolute atomic E-state index is 12.0.